The van der Waals surface area contributed by atoms with E-state index >= 15 is 0 Å². The molecule has 0 aromatic carbocycles. The fraction of sp³-hybridized carbons (Fsp3) is 0.909. The average Bonchev–Trinajstić information content (AvgIpc) is 3.26. The Kier molecular flexibility index (Phi) is 49.3. The van der Waals surface area contributed by atoms with Gasteiger partial charge in [0.05, 0.1) is 0 Å². The summed E-state index contributed by atoms with van der Waals surface area (Å²) in [6.45, 7) is 6.67. The summed E-state index contributed by atoms with van der Waals surface area (Å²) in [4.78, 5) is 38.0. The minimum atomic E-state index is -0.765. The fourth-order valence-electron chi connectivity index (χ4n) is 8.14. The maximum absolute atomic E-state index is 12.8. The molecule has 0 amide bonds. The third kappa shape index (κ3) is 49.0. The third-order valence-corrected chi connectivity index (χ3v) is 12.3. The number of hydrogen-bond acceptors (Lipinski definition) is 6. The number of unbranched alkanes of at least 4 members (excludes halogenated alkanes) is 37. The van der Waals surface area contributed by atoms with Crippen LogP contribution in [0.3, 0.4) is 0 Å². The van der Waals surface area contributed by atoms with Gasteiger partial charge in [-0.3, -0.25) is 14.4 Å². The Bertz CT molecular complexity index is 947. The number of carbonyl (C=O) groups is 3. The lowest BCUT2D eigenvalue weighted by atomic mass is 10.0. The summed E-state index contributed by atoms with van der Waals surface area (Å²) in [6.07, 6.45) is 56.2. The molecule has 0 spiro atoms. The lowest BCUT2D eigenvalue weighted by Crippen LogP contribution is -2.30. The van der Waals surface area contributed by atoms with Crippen molar-refractivity contribution in [2.75, 3.05) is 13.2 Å². The van der Waals surface area contributed by atoms with E-state index < -0.39 is 6.10 Å². The zero-order valence-electron chi connectivity index (χ0n) is 41.2. The van der Waals surface area contributed by atoms with Gasteiger partial charge in [-0.25, -0.2) is 0 Å². The van der Waals surface area contributed by atoms with Gasteiger partial charge in [-0.1, -0.05) is 251 Å². The second-order valence-corrected chi connectivity index (χ2v) is 18.5. The predicted octanol–water partition coefficient (Wildman–Crippen LogP) is 17.8. The summed E-state index contributed by atoms with van der Waals surface area (Å²) in [5, 5.41) is 0. The lowest BCUT2D eigenvalue weighted by molar-refractivity contribution is -0.167. The molecular formula is C55H104O6. The molecule has 0 N–H and O–H groups in total. The zero-order chi connectivity index (χ0) is 44.4. The van der Waals surface area contributed by atoms with Crippen LogP contribution in [0.2, 0.25) is 0 Å². The van der Waals surface area contributed by atoms with E-state index in [0.717, 1.165) is 57.8 Å². The molecular weight excluding hydrogens is 757 g/mol. The maximum Gasteiger partial charge on any atom is 0.306 e. The van der Waals surface area contributed by atoms with Crippen LogP contribution in [0.1, 0.15) is 303 Å². The average molecular weight is 861 g/mol. The molecule has 0 rings (SSSR count). The van der Waals surface area contributed by atoms with Gasteiger partial charge < -0.3 is 14.2 Å². The molecule has 0 saturated carbocycles. The summed E-state index contributed by atoms with van der Waals surface area (Å²) in [7, 11) is 0. The summed E-state index contributed by atoms with van der Waals surface area (Å²) in [5.41, 5.74) is 0. The van der Waals surface area contributed by atoms with Crippen LogP contribution in [0.5, 0.6) is 0 Å². The van der Waals surface area contributed by atoms with Crippen LogP contribution >= 0.6 is 0 Å². The molecule has 0 heterocycles. The molecule has 0 aliphatic rings. The van der Waals surface area contributed by atoms with Crippen molar-refractivity contribution in [3.63, 3.8) is 0 Å². The third-order valence-electron chi connectivity index (χ3n) is 12.3. The first-order chi connectivity index (χ1) is 30.0. The van der Waals surface area contributed by atoms with Gasteiger partial charge in [0, 0.05) is 19.3 Å². The Morgan fingerprint density at radius 2 is 0.541 bits per heavy atom. The van der Waals surface area contributed by atoms with E-state index in [2.05, 4.69) is 32.9 Å². The minimum Gasteiger partial charge on any atom is -0.462 e. The Labute approximate surface area is 380 Å². The van der Waals surface area contributed by atoms with Crippen molar-refractivity contribution in [2.24, 2.45) is 0 Å². The van der Waals surface area contributed by atoms with Crippen LogP contribution in [0, 0.1) is 0 Å². The predicted molar refractivity (Wildman–Crippen MR) is 261 cm³/mol. The van der Waals surface area contributed by atoms with Crippen LogP contribution in [0.4, 0.5) is 0 Å². The standard InChI is InChI=1S/C55H104O6/c1-4-7-10-13-16-19-22-25-27-30-32-35-38-41-44-47-53(56)59-50-52(61-55(58)49-46-43-40-37-34-29-24-21-18-15-12-9-6-3)51-60-54(57)48-45-42-39-36-33-31-28-26-23-20-17-14-11-8-5-2/h19,22,52H,4-18,20-21,23-51H2,1-3H3/b22-19-/t52-/m0/s1. The van der Waals surface area contributed by atoms with Crippen LogP contribution in [-0.4, -0.2) is 37.2 Å². The first-order valence-corrected chi connectivity index (χ1v) is 27.2. The van der Waals surface area contributed by atoms with E-state index in [1.165, 1.54) is 205 Å². The molecule has 0 unspecified atom stereocenters. The minimum absolute atomic E-state index is 0.0655. The van der Waals surface area contributed by atoms with Crippen LogP contribution in [0.15, 0.2) is 12.2 Å². The highest BCUT2D eigenvalue weighted by Crippen LogP contribution is 2.17. The van der Waals surface area contributed by atoms with Crippen LogP contribution in [-0.2, 0) is 28.6 Å². The van der Waals surface area contributed by atoms with Gasteiger partial charge in [-0.15, -0.1) is 0 Å². The molecule has 6 heteroatoms. The summed E-state index contributed by atoms with van der Waals surface area (Å²) in [6, 6.07) is 0. The largest absolute Gasteiger partial charge is 0.462 e. The molecule has 0 aromatic rings. The molecule has 0 saturated heterocycles. The molecule has 0 aliphatic heterocycles. The van der Waals surface area contributed by atoms with Crippen molar-refractivity contribution in [3.05, 3.63) is 12.2 Å². The van der Waals surface area contributed by atoms with Crippen LogP contribution < -0.4 is 0 Å². The first-order valence-electron chi connectivity index (χ1n) is 27.2. The number of rotatable bonds is 50. The smallest absolute Gasteiger partial charge is 0.306 e. The molecule has 61 heavy (non-hydrogen) atoms. The zero-order valence-corrected chi connectivity index (χ0v) is 41.2. The summed E-state index contributed by atoms with van der Waals surface area (Å²) < 4.78 is 16.8. The van der Waals surface area contributed by atoms with E-state index in [1.54, 1.807) is 0 Å². The molecule has 360 valence electrons. The SMILES string of the molecule is CCCCCC/C=C\CCCCCCCCCC(=O)OC[C@@H](COC(=O)CCCCCCCCCCCCCCCCC)OC(=O)CCCCCCCCCCCCCCC. The number of carbonyl (C=O) groups excluding carboxylic acids is 3. The molecule has 0 aromatic heterocycles. The van der Waals surface area contributed by atoms with Crippen molar-refractivity contribution in [1.29, 1.82) is 0 Å². The summed E-state index contributed by atoms with van der Waals surface area (Å²) in [5.74, 6) is -0.850. The van der Waals surface area contributed by atoms with E-state index in [1.807, 2.05) is 0 Å². The van der Waals surface area contributed by atoms with Gasteiger partial charge in [0.15, 0.2) is 6.10 Å². The highest BCUT2D eigenvalue weighted by molar-refractivity contribution is 5.71. The first kappa shape index (κ1) is 59.1. The Morgan fingerprint density at radius 1 is 0.311 bits per heavy atom. The van der Waals surface area contributed by atoms with E-state index in [4.69, 9.17) is 14.2 Å². The number of ether oxygens (including phenoxy) is 3. The van der Waals surface area contributed by atoms with Gasteiger partial charge in [-0.2, -0.15) is 0 Å². The topological polar surface area (TPSA) is 78.9 Å². The van der Waals surface area contributed by atoms with Crippen molar-refractivity contribution in [1.82, 2.24) is 0 Å². The maximum atomic E-state index is 12.8. The van der Waals surface area contributed by atoms with Gasteiger partial charge >= 0.3 is 17.9 Å². The normalized spacial score (nSPS) is 12.0. The fourth-order valence-corrected chi connectivity index (χ4v) is 8.14. The molecule has 1 atom stereocenters. The Hall–Kier alpha value is -1.85. The Balaban J connectivity index is 4.32. The molecule has 6 nitrogen and oxygen atoms in total. The van der Waals surface area contributed by atoms with Gasteiger partial charge in [0.1, 0.15) is 13.2 Å². The highest BCUT2D eigenvalue weighted by Gasteiger charge is 2.19. The van der Waals surface area contributed by atoms with E-state index in [-0.39, 0.29) is 31.1 Å². The summed E-state index contributed by atoms with van der Waals surface area (Å²) >= 11 is 0. The van der Waals surface area contributed by atoms with Crippen molar-refractivity contribution < 1.29 is 28.6 Å². The lowest BCUT2D eigenvalue weighted by Gasteiger charge is -2.18. The van der Waals surface area contributed by atoms with Gasteiger partial charge in [-0.05, 0) is 44.9 Å². The molecule has 0 radical (unpaired) electrons. The monoisotopic (exact) mass is 861 g/mol. The second-order valence-electron chi connectivity index (χ2n) is 18.5. The quantitative estimate of drug-likeness (QED) is 0.0262. The van der Waals surface area contributed by atoms with Crippen molar-refractivity contribution in [3.8, 4) is 0 Å². The Morgan fingerprint density at radius 3 is 0.836 bits per heavy atom. The number of esters is 3. The number of hydrogen-bond donors (Lipinski definition) is 0. The van der Waals surface area contributed by atoms with Crippen molar-refractivity contribution >= 4 is 17.9 Å². The molecule has 0 bridgehead atoms. The second kappa shape index (κ2) is 50.8. The van der Waals surface area contributed by atoms with E-state index in [0.29, 0.717) is 19.3 Å². The molecule has 0 aliphatic carbocycles. The molecule has 0 fully saturated rings. The van der Waals surface area contributed by atoms with Gasteiger partial charge in [0.25, 0.3) is 0 Å². The highest BCUT2D eigenvalue weighted by atomic mass is 16.6. The van der Waals surface area contributed by atoms with Crippen molar-refractivity contribution in [2.45, 2.75) is 309 Å². The van der Waals surface area contributed by atoms with Crippen LogP contribution in [0.25, 0.3) is 0 Å². The van der Waals surface area contributed by atoms with Gasteiger partial charge in [0.2, 0.25) is 0 Å². The number of allylic oxidation sites excluding steroid dienone is 2. The van der Waals surface area contributed by atoms with E-state index in [9.17, 15) is 14.4 Å².